The molecule has 1 saturated heterocycles. The minimum Gasteiger partial charge on any atom is -0.497 e. The second-order valence-electron chi connectivity index (χ2n) is 5.96. The molecule has 1 heterocycles. The average molecular weight is 290 g/mol. The Kier molecular flexibility index (Phi) is 7.04. The minimum atomic E-state index is 0.393. The van der Waals surface area contributed by atoms with E-state index in [1.54, 1.807) is 7.11 Å². The zero-order valence-electron chi connectivity index (χ0n) is 13.6. The van der Waals surface area contributed by atoms with Crippen molar-refractivity contribution >= 4 is 0 Å². The molecule has 1 fully saturated rings. The number of methoxy groups -OCH3 is 1. The topological polar surface area (TPSA) is 24.5 Å². The Bertz CT molecular complexity index is 400. The zero-order chi connectivity index (χ0) is 14.9. The van der Waals surface area contributed by atoms with Crippen LogP contribution in [0.1, 0.15) is 50.6 Å². The van der Waals surface area contributed by atoms with Crippen molar-refractivity contribution in [3.63, 3.8) is 0 Å². The average Bonchev–Trinajstić information content (AvgIpc) is 2.49. The van der Waals surface area contributed by atoms with E-state index in [2.05, 4.69) is 35.3 Å². The van der Waals surface area contributed by atoms with Crippen LogP contribution in [0, 0.1) is 0 Å². The number of benzene rings is 1. The Morgan fingerprint density at radius 1 is 1.14 bits per heavy atom. The first-order chi connectivity index (χ1) is 10.3. The smallest absolute Gasteiger partial charge is 0.119 e. The number of rotatable bonds is 6. The van der Waals surface area contributed by atoms with Crippen molar-refractivity contribution in [2.24, 2.45) is 0 Å². The van der Waals surface area contributed by atoms with E-state index in [4.69, 9.17) is 4.74 Å². The quantitative estimate of drug-likeness (QED) is 0.866. The first kappa shape index (κ1) is 16.3. The van der Waals surface area contributed by atoms with Gasteiger partial charge in [-0.3, -0.25) is 0 Å². The fourth-order valence-electron chi connectivity index (χ4n) is 3.15. The Morgan fingerprint density at radius 2 is 1.86 bits per heavy atom. The molecule has 1 aromatic rings. The number of likely N-dealkylation sites (tertiary alicyclic amines) is 1. The Morgan fingerprint density at radius 3 is 2.52 bits per heavy atom. The maximum atomic E-state index is 5.37. The molecule has 0 aromatic heterocycles. The standard InChI is InChI=1S/C18H30N2O/c1-3-19-18(16-10-9-11-17(14-16)21-2)15-20-12-7-5-4-6-8-13-20/h9-11,14,18-19H,3-8,12-13,15H2,1-2H3. The third-order valence-electron chi connectivity index (χ3n) is 4.34. The van der Waals surface area contributed by atoms with Gasteiger partial charge in [0.15, 0.2) is 0 Å². The van der Waals surface area contributed by atoms with Gasteiger partial charge < -0.3 is 15.0 Å². The number of ether oxygens (including phenoxy) is 1. The van der Waals surface area contributed by atoms with Gasteiger partial charge in [0.25, 0.3) is 0 Å². The highest BCUT2D eigenvalue weighted by Crippen LogP contribution is 2.21. The van der Waals surface area contributed by atoms with Crippen LogP contribution >= 0.6 is 0 Å². The molecule has 1 aromatic carbocycles. The number of likely N-dealkylation sites (N-methyl/N-ethyl adjacent to an activating group) is 1. The zero-order valence-corrected chi connectivity index (χ0v) is 13.6. The van der Waals surface area contributed by atoms with Crippen LogP contribution in [0.4, 0.5) is 0 Å². The molecule has 21 heavy (non-hydrogen) atoms. The molecule has 1 aliphatic rings. The summed E-state index contributed by atoms with van der Waals surface area (Å²) in [6.07, 6.45) is 6.89. The van der Waals surface area contributed by atoms with E-state index in [0.717, 1.165) is 18.8 Å². The Balaban J connectivity index is 2.02. The van der Waals surface area contributed by atoms with Crippen molar-refractivity contribution in [1.29, 1.82) is 0 Å². The lowest BCUT2D eigenvalue weighted by Gasteiger charge is -2.29. The van der Waals surface area contributed by atoms with Gasteiger partial charge in [0, 0.05) is 12.6 Å². The van der Waals surface area contributed by atoms with Crippen LogP contribution in [0.25, 0.3) is 0 Å². The molecule has 1 N–H and O–H groups in total. The van der Waals surface area contributed by atoms with Gasteiger partial charge in [-0.1, -0.05) is 38.3 Å². The van der Waals surface area contributed by atoms with Crippen molar-refractivity contribution in [2.75, 3.05) is 33.3 Å². The van der Waals surface area contributed by atoms with Crippen LogP contribution in [-0.2, 0) is 0 Å². The molecule has 1 unspecified atom stereocenters. The molecule has 0 spiro atoms. The van der Waals surface area contributed by atoms with Gasteiger partial charge in [0.2, 0.25) is 0 Å². The fourth-order valence-corrected chi connectivity index (χ4v) is 3.15. The van der Waals surface area contributed by atoms with Gasteiger partial charge in [0.1, 0.15) is 5.75 Å². The van der Waals surface area contributed by atoms with Crippen molar-refractivity contribution in [3.8, 4) is 5.75 Å². The molecule has 118 valence electrons. The molecule has 2 rings (SSSR count). The normalized spacial score (nSPS) is 18.8. The van der Waals surface area contributed by atoms with Crippen LogP contribution in [0.3, 0.4) is 0 Å². The van der Waals surface area contributed by atoms with E-state index in [-0.39, 0.29) is 0 Å². The van der Waals surface area contributed by atoms with E-state index in [1.807, 2.05) is 6.07 Å². The highest BCUT2D eigenvalue weighted by Gasteiger charge is 2.16. The molecule has 0 saturated carbocycles. The summed E-state index contributed by atoms with van der Waals surface area (Å²) in [5.74, 6) is 0.947. The lowest BCUT2D eigenvalue weighted by molar-refractivity contribution is 0.222. The fraction of sp³-hybridized carbons (Fsp3) is 0.667. The second kappa shape index (κ2) is 9.06. The SMILES string of the molecule is CCNC(CN1CCCCCCC1)c1cccc(OC)c1. The summed E-state index contributed by atoms with van der Waals surface area (Å²) >= 11 is 0. The molecule has 3 heteroatoms. The molecule has 1 atom stereocenters. The monoisotopic (exact) mass is 290 g/mol. The third kappa shape index (κ3) is 5.33. The molecule has 0 radical (unpaired) electrons. The van der Waals surface area contributed by atoms with Gasteiger partial charge in [-0.15, -0.1) is 0 Å². The van der Waals surface area contributed by atoms with Gasteiger partial charge in [-0.05, 0) is 50.2 Å². The molecule has 3 nitrogen and oxygen atoms in total. The minimum absolute atomic E-state index is 0.393. The van der Waals surface area contributed by atoms with Gasteiger partial charge >= 0.3 is 0 Å². The van der Waals surface area contributed by atoms with Crippen molar-refractivity contribution in [2.45, 2.75) is 45.1 Å². The summed E-state index contributed by atoms with van der Waals surface area (Å²) in [5.41, 5.74) is 1.33. The van der Waals surface area contributed by atoms with E-state index < -0.39 is 0 Å². The molecular formula is C18H30N2O. The van der Waals surface area contributed by atoms with Crippen LogP contribution in [0.5, 0.6) is 5.75 Å². The molecule has 0 aliphatic carbocycles. The van der Waals surface area contributed by atoms with Crippen LogP contribution in [0.2, 0.25) is 0 Å². The summed E-state index contributed by atoms with van der Waals surface area (Å²) in [6, 6.07) is 8.87. The van der Waals surface area contributed by atoms with Gasteiger partial charge in [-0.25, -0.2) is 0 Å². The highest BCUT2D eigenvalue weighted by atomic mass is 16.5. The van der Waals surface area contributed by atoms with E-state index in [1.165, 1.54) is 50.8 Å². The van der Waals surface area contributed by atoms with Crippen molar-refractivity contribution < 1.29 is 4.74 Å². The number of hydrogen-bond acceptors (Lipinski definition) is 3. The first-order valence-corrected chi connectivity index (χ1v) is 8.43. The van der Waals surface area contributed by atoms with E-state index in [0.29, 0.717) is 6.04 Å². The summed E-state index contributed by atoms with van der Waals surface area (Å²) in [7, 11) is 1.74. The maximum absolute atomic E-state index is 5.37. The summed E-state index contributed by atoms with van der Waals surface area (Å²) in [4.78, 5) is 2.63. The number of nitrogens with one attached hydrogen (secondary N) is 1. The summed E-state index contributed by atoms with van der Waals surface area (Å²) in [6.45, 7) is 6.76. The largest absolute Gasteiger partial charge is 0.497 e. The lowest BCUT2D eigenvalue weighted by atomic mass is 10.0. The van der Waals surface area contributed by atoms with Crippen molar-refractivity contribution in [1.82, 2.24) is 10.2 Å². The molecule has 0 amide bonds. The van der Waals surface area contributed by atoms with Crippen LogP contribution in [0.15, 0.2) is 24.3 Å². The summed E-state index contributed by atoms with van der Waals surface area (Å²) in [5, 5.41) is 3.64. The number of hydrogen-bond donors (Lipinski definition) is 1. The molecule has 1 aliphatic heterocycles. The van der Waals surface area contributed by atoms with Crippen LogP contribution in [-0.4, -0.2) is 38.2 Å². The maximum Gasteiger partial charge on any atom is 0.119 e. The predicted octanol–water partition coefficient (Wildman–Crippen LogP) is 3.61. The van der Waals surface area contributed by atoms with E-state index in [9.17, 15) is 0 Å². The van der Waals surface area contributed by atoms with Crippen LogP contribution < -0.4 is 10.1 Å². The number of nitrogens with zero attached hydrogens (tertiary/aromatic N) is 1. The molecular weight excluding hydrogens is 260 g/mol. The first-order valence-electron chi connectivity index (χ1n) is 8.43. The lowest BCUT2D eigenvalue weighted by Crippen LogP contribution is -2.37. The predicted molar refractivity (Wildman–Crippen MR) is 88.9 cm³/mol. The summed E-state index contributed by atoms with van der Waals surface area (Å²) < 4.78 is 5.37. The van der Waals surface area contributed by atoms with Gasteiger partial charge in [0.05, 0.1) is 7.11 Å². The second-order valence-corrected chi connectivity index (χ2v) is 5.96. The Hall–Kier alpha value is -1.06. The molecule has 0 bridgehead atoms. The Labute approximate surface area is 129 Å². The van der Waals surface area contributed by atoms with E-state index >= 15 is 0 Å². The van der Waals surface area contributed by atoms with Crippen molar-refractivity contribution in [3.05, 3.63) is 29.8 Å². The third-order valence-corrected chi connectivity index (χ3v) is 4.34. The van der Waals surface area contributed by atoms with Gasteiger partial charge in [-0.2, -0.15) is 0 Å². The highest BCUT2D eigenvalue weighted by molar-refractivity contribution is 5.30.